The van der Waals surface area contributed by atoms with Crippen molar-refractivity contribution in [2.24, 2.45) is 0 Å². The topological polar surface area (TPSA) is 58.2 Å². The molecule has 0 saturated carbocycles. The second kappa shape index (κ2) is 6.94. The van der Waals surface area contributed by atoms with Gasteiger partial charge in [0.05, 0.1) is 24.6 Å². The number of nitrogens with zero attached hydrogens (tertiary/aromatic N) is 2. The maximum absolute atomic E-state index is 11.5. The number of rotatable bonds is 4. The molecule has 0 unspecified atom stereocenters. The first-order valence-electron chi connectivity index (χ1n) is 7.37. The average molecular weight is 320 g/mol. The van der Waals surface area contributed by atoms with Crippen LogP contribution in [0.15, 0.2) is 41.3 Å². The van der Waals surface area contributed by atoms with E-state index in [9.17, 15) is 4.79 Å². The monoisotopic (exact) mass is 319 g/mol. The second-order valence-electron chi connectivity index (χ2n) is 5.38. The van der Waals surface area contributed by atoms with E-state index in [0.29, 0.717) is 12.3 Å². The van der Waals surface area contributed by atoms with E-state index in [1.165, 1.54) is 5.56 Å². The molecule has 1 fully saturated rings. The number of ether oxygens (including phenoxy) is 1. The normalized spacial score (nSPS) is 16.0. The molecule has 2 aromatic rings. The molecule has 3 rings (SSSR count). The Labute approximate surface area is 133 Å². The number of benzene rings is 1. The van der Waals surface area contributed by atoms with Gasteiger partial charge in [-0.25, -0.2) is 5.10 Å². The highest BCUT2D eigenvalue weighted by Crippen LogP contribution is 2.25. The van der Waals surface area contributed by atoms with Crippen LogP contribution in [0.3, 0.4) is 0 Å². The van der Waals surface area contributed by atoms with Gasteiger partial charge in [0.1, 0.15) is 5.02 Å². The predicted octanol–water partition coefficient (Wildman–Crippen LogP) is 2.61. The van der Waals surface area contributed by atoms with Crippen LogP contribution in [-0.2, 0) is 11.3 Å². The fraction of sp³-hybridized carbons (Fsp3) is 0.375. The molecule has 0 aliphatic carbocycles. The van der Waals surface area contributed by atoms with Crippen LogP contribution in [0.5, 0.6) is 0 Å². The van der Waals surface area contributed by atoms with Crippen molar-refractivity contribution in [2.45, 2.75) is 25.6 Å². The summed E-state index contributed by atoms with van der Waals surface area (Å²) < 4.78 is 5.96. The Balaban J connectivity index is 1.54. The molecule has 116 valence electrons. The van der Waals surface area contributed by atoms with Crippen molar-refractivity contribution in [3.63, 3.8) is 0 Å². The smallest absolute Gasteiger partial charge is 0.285 e. The molecule has 1 aliphatic heterocycles. The van der Waals surface area contributed by atoms with Crippen LogP contribution >= 0.6 is 11.6 Å². The standard InChI is InChI=1S/C16H18ClN3O2/c17-15-14(10-18-19-16(15)21)20-8-6-13(7-9-20)22-11-12-4-2-1-3-5-12/h1-5,10,13H,6-9,11H2,(H,19,21). The van der Waals surface area contributed by atoms with Crippen molar-refractivity contribution in [3.05, 3.63) is 57.5 Å². The number of nitrogens with one attached hydrogen (secondary N) is 1. The number of hydrogen-bond acceptors (Lipinski definition) is 4. The van der Waals surface area contributed by atoms with Crippen LogP contribution in [0.4, 0.5) is 5.69 Å². The summed E-state index contributed by atoms with van der Waals surface area (Å²) in [6, 6.07) is 10.2. The summed E-state index contributed by atoms with van der Waals surface area (Å²) in [4.78, 5) is 13.6. The number of halogens is 1. The van der Waals surface area contributed by atoms with Gasteiger partial charge in [0.2, 0.25) is 0 Å². The lowest BCUT2D eigenvalue weighted by Gasteiger charge is -2.33. The zero-order valence-electron chi connectivity index (χ0n) is 12.2. The highest BCUT2D eigenvalue weighted by atomic mass is 35.5. The highest BCUT2D eigenvalue weighted by Gasteiger charge is 2.22. The van der Waals surface area contributed by atoms with Crippen LogP contribution in [0.1, 0.15) is 18.4 Å². The van der Waals surface area contributed by atoms with Crippen LogP contribution in [0, 0.1) is 0 Å². The number of aromatic nitrogens is 2. The fourth-order valence-corrected chi connectivity index (χ4v) is 2.86. The Morgan fingerprint density at radius 3 is 2.73 bits per heavy atom. The van der Waals surface area contributed by atoms with Gasteiger partial charge in [0, 0.05) is 13.1 Å². The van der Waals surface area contributed by atoms with Crippen LogP contribution in [0.2, 0.25) is 5.02 Å². The maximum Gasteiger partial charge on any atom is 0.285 e. The molecule has 1 N–H and O–H groups in total. The van der Waals surface area contributed by atoms with Gasteiger partial charge in [0.15, 0.2) is 0 Å². The first-order valence-corrected chi connectivity index (χ1v) is 7.75. The quantitative estimate of drug-likeness (QED) is 0.941. The molecule has 1 aliphatic rings. The molecular formula is C16H18ClN3O2. The summed E-state index contributed by atoms with van der Waals surface area (Å²) in [5.41, 5.74) is 1.54. The minimum atomic E-state index is -0.346. The van der Waals surface area contributed by atoms with Crippen molar-refractivity contribution in [1.82, 2.24) is 10.2 Å². The van der Waals surface area contributed by atoms with Gasteiger partial charge in [-0.2, -0.15) is 5.10 Å². The first kappa shape index (κ1) is 15.1. The third-order valence-electron chi connectivity index (χ3n) is 3.89. The lowest BCUT2D eigenvalue weighted by Crippen LogP contribution is -2.37. The number of aromatic amines is 1. The molecule has 0 atom stereocenters. The minimum absolute atomic E-state index is 0.207. The number of piperidine rings is 1. The van der Waals surface area contributed by atoms with Crippen LogP contribution < -0.4 is 10.5 Å². The van der Waals surface area contributed by atoms with Gasteiger partial charge in [-0.1, -0.05) is 41.9 Å². The fourth-order valence-electron chi connectivity index (χ4n) is 2.65. The Kier molecular flexibility index (Phi) is 4.75. The van der Waals surface area contributed by atoms with E-state index < -0.39 is 0 Å². The molecule has 6 heteroatoms. The van der Waals surface area contributed by atoms with Gasteiger partial charge in [-0.05, 0) is 18.4 Å². The average Bonchev–Trinajstić information content (AvgIpc) is 2.57. The summed E-state index contributed by atoms with van der Waals surface area (Å²) in [7, 11) is 0. The van der Waals surface area contributed by atoms with Crippen molar-refractivity contribution < 1.29 is 4.74 Å². The minimum Gasteiger partial charge on any atom is -0.373 e. The van der Waals surface area contributed by atoms with E-state index in [2.05, 4.69) is 27.2 Å². The molecule has 0 amide bonds. The molecule has 0 spiro atoms. The molecule has 1 saturated heterocycles. The molecular weight excluding hydrogens is 302 g/mol. The molecule has 5 nitrogen and oxygen atoms in total. The maximum atomic E-state index is 11.5. The summed E-state index contributed by atoms with van der Waals surface area (Å²) in [5.74, 6) is 0. The number of H-pyrrole nitrogens is 1. The first-order chi connectivity index (χ1) is 10.7. The van der Waals surface area contributed by atoms with Crippen molar-refractivity contribution >= 4 is 17.3 Å². The number of anilines is 1. The number of hydrogen-bond donors (Lipinski definition) is 1. The van der Waals surface area contributed by atoms with E-state index in [0.717, 1.165) is 25.9 Å². The predicted molar refractivity (Wildman–Crippen MR) is 86.3 cm³/mol. The van der Waals surface area contributed by atoms with Crippen molar-refractivity contribution in [1.29, 1.82) is 0 Å². The lowest BCUT2D eigenvalue weighted by atomic mass is 10.1. The Hall–Kier alpha value is -1.85. The van der Waals surface area contributed by atoms with Gasteiger partial charge in [0.25, 0.3) is 5.56 Å². The van der Waals surface area contributed by atoms with Crippen LogP contribution in [0.25, 0.3) is 0 Å². The second-order valence-corrected chi connectivity index (χ2v) is 5.76. The van der Waals surface area contributed by atoms with Gasteiger partial charge in [-0.3, -0.25) is 4.79 Å². The largest absolute Gasteiger partial charge is 0.373 e. The van der Waals surface area contributed by atoms with Crippen LogP contribution in [-0.4, -0.2) is 29.4 Å². The third-order valence-corrected chi connectivity index (χ3v) is 4.25. The van der Waals surface area contributed by atoms with Crippen molar-refractivity contribution in [3.8, 4) is 0 Å². The zero-order chi connectivity index (χ0) is 15.4. The van der Waals surface area contributed by atoms with E-state index in [1.807, 2.05) is 18.2 Å². The Morgan fingerprint density at radius 2 is 2.00 bits per heavy atom. The molecule has 0 bridgehead atoms. The van der Waals surface area contributed by atoms with E-state index >= 15 is 0 Å². The van der Waals surface area contributed by atoms with Gasteiger partial charge >= 0.3 is 0 Å². The molecule has 1 aromatic heterocycles. The molecule has 0 radical (unpaired) electrons. The Bertz CT molecular complexity index is 667. The van der Waals surface area contributed by atoms with Gasteiger partial charge < -0.3 is 9.64 Å². The molecule has 1 aromatic carbocycles. The summed E-state index contributed by atoms with van der Waals surface area (Å²) >= 11 is 6.05. The zero-order valence-corrected chi connectivity index (χ0v) is 12.9. The van der Waals surface area contributed by atoms with E-state index in [-0.39, 0.29) is 16.7 Å². The SMILES string of the molecule is O=c1[nH]ncc(N2CCC(OCc3ccccc3)CC2)c1Cl. The van der Waals surface area contributed by atoms with Crippen molar-refractivity contribution in [2.75, 3.05) is 18.0 Å². The Morgan fingerprint density at radius 1 is 1.27 bits per heavy atom. The molecule has 22 heavy (non-hydrogen) atoms. The third kappa shape index (κ3) is 3.48. The van der Waals surface area contributed by atoms with E-state index in [1.54, 1.807) is 6.20 Å². The van der Waals surface area contributed by atoms with E-state index in [4.69, 9.17) is 16.3 Å². The summed E-state index contributed by atoms with van der Waals surface area (Å²) in [6.45, 7) is 2.26. The summed E-state index contributed by atoms with van der Waals surface area (Å²) in [5, 5.41) is 6.36. The van der Waals surface area contributed by atoms with Gasteiger partial charge in [-0.15, -0.1) is 0 Å². The summed E-state index contributed by atoms with van der Waals surface area (Å²) in [6.07, 6.45) is 3.67. The highest BCUT2D eigenvalue weighted by molar-refractivity contribution is 6.32. The lowest BCUT2D eigenvalue weighted by molar-refractivity contribution is 0.0251. The molecule has 2 heterocycles.